The minimum absolute atomic E-state index is 0.00519. The van der Waals surface area contributed by atoms with Gasteiger partial charge in [0.2, 0.25) is 0 Å². The summed E-state index contributed by atoms with van der Waals surface area (Å²) in [4.78, 5) is 25.9. The van der Waals surface area contributed by atoms with Crippen molar-refractivity contribution in [1.82, 2.24) is 8.96 Å². The van der Waals surface area contributed by atoms with Crippen LogP contribution in [0.2, 0.25) is 0 Å². The zero-order valence-corrected chi connectivity index (χ0v) is 19.0. The van der Waals surface area contributed by atoms with Crippen molar-refractivity contribution < 1.29 is 28.2 Å². The van der Waals surface area contributed by atoms with E-state index in [0.717, 1.165) is 5.39 Å². The second-order valence-corrected chi connectivity index (χ2v) is 9.22. The van der Waals surface area contributed by atoms with E-state index in [9.17, 15) is 18.0 Å². The number of carboxylic acids is 2. The quantitative estimate of drug-likeness (QED) is 0.410. The fourth-order valence-corrected chi connectivity index (χ4v) is 4.94. The van der Waals surface area contributed by atoms with Crippen molar-refractivity contribution in [3.63, 3.8) is 0 Å². The smallest absolute Gasteiger partial charge is 0.337 e. The molecular formula is C22H17BrN2O6S. The van der Waals surface area contributed by atoms with Gasteiger partial charge in [-0.2, -0.15) is 0 Å². The molecule has 10 heteroatoms. The Morgan fingerprint density at radius 3 is 2.25 bits per heavy atom. The molecule has 0 amide bonds. The highest BCUT2D eigenvalue weighted by Gasteiger charge is 2.19. The molecular weight excluding hydrogens is 500 g/mol. The van der Waals surface area contributed by atoms with E-state index in [1.807, 2.05) is 6.07 Å². The van der Waals surface area contributed by atoms with Gasteiger partial charge in [-0.25, -0.2) is 27.0 Å². The number of rotatable bonds is 4. The van der Waals surface area contributed by atoms with Gasteiger partial charge in [0.15, 0.2) is 5.65 Å². The van der Waals surface area contributed by atoms with Crippen molar-refractivity contribution in [1.29, 1.82) is 0 Å². The van der Waals surface area contributed by atoms with Crippen molar-refractivity contribution in [3.05, 3.63) is 94.2 Å². The molecule has 0 atom stereocenters. The van der Waals surface area contributed by atoms with Crippen LogP contribution in [0.15, 0.2) is 82.4 Å². The van der Waals surface area contributed by atoms with Crippen LogP contribution in [0.3, 0.4) is 0 Å². The van der Waals surface area contributed by atoms with Gasteiger partial charge in [-0.05, 0) is 70.9 Å². The molecule has 0 saturated heterocycles. The molecule has 164 valence electrons. The van der Waals surface area contributed by atoms with Crippen LogP contribution in [0.25, 0.3) is 11.0 Å². The minimum atomic E-state index is -3.57. The maximum absolute atomic E-state index is 12.4. The van der Waals surface area contributed by atoms with E-state index in [4.69, 9.17) is 10.2 Å². The Morgan fingerprint density at radius 1 is 0.938 bits per heavy atom. The number of halogens is 1. The van der Waals surface area contributed by atoms with Gasteiger partial charge >= 0.3 is 11.9 Å². The number of carboxylic acid groups (broad SMARTS) is 2. The van der Waals surface area contributed by atoms with E-state index < -0.39 is 22.0 Å². The standard InChI is InChI=1S/C13H10N2O2S.C9H7BrO4/c16-18(17,12-6-2-1-3-7-12)15-10-8-11-5-4-9-14-13(11)15;1-4-5(8(11)12)2-3-6(10)7(4)9(13)14/h1-10H;2-3H,1H3,(H,11,12)(H,13,14). The molecule has 4 rings (SSSR count). The van der Waals surface area contributed by atoms with Gasteiger partial charge in [-0.1, -0.05) is 18.2 Å². The number of aromatic nitrogens is 2. The molecule has 8 nitrogen and oxygen atoms in total. The predicted octanol–water partition coefficient (Wildman–Crippen LogP) is 4.43. The number of hydrogen-bond donors (Lipinski definition) is 2. The molecule has 2 aromatic carbocycles. The minimum Gasteiger partial charge on any atom is -0.478 e. The van der Waals surface area contributed by atoms with Crippen molar-refractivity contribution in [2.24, 2.45) is 0 Å². The molecule has 0 aliphatic carbocycles. The average Bonchev–Trinajstić information content (AvgIpc) is 3.19. The molecule has 0 aliphatic rings. The van der Waals surface area contributed by atoms with Crippen LogP contribution in [0.5, 0.6) is 0 Å². The summed E-state index contributed by atoms with van der Waals surface area (Å²) < 4.78 is 26.5. The molecule has 4 aromatic rings. The molecule has 0 unspecified atom stereocenters. The van der Waals surface area contributed by atoms with Crippen LogP contribution in [-0.4, -0.2) is 39.5 Å². The molecule has 0 spiro atoms. The highest BCUT2D eigenvalue weighted by atomic mass is 79.9. The molecule has 2 heterocycles. The first kappa shape index (κ1) is 23.2. The zero-order valence-electron chi connectivity index (χ0n) is 16.6. The largest absolute Gasteiger partial charge is 0.478 e. The Labute approximate surface area is 192 Å². The summed E-state index contributed by atoms with van der Waals surface area (Å²) in [6.45, 7) is 1.47. The summed E-state index contributed by atoms with van der Waals surface area (Å²) in [5, 5.41) is 18.4. The van der Waals surface area contributed by atoms with Gasteiger partial charge in [0.25, 0.3) is 10.0 Å². The summed E-state index contributed by atoms with van der Waals surface area (Å²) >= 11 is 3.06. The van der Waals surface area contributed by atoms with Crippen LogP contribution in [0, 0.1) is 6.92 Å². The molecule has 2 aromatic heterocycles. The molecule has 0 fully saturated rings. The first-order valence-electron chi connectivity index (χ1n) is 9.13. The molecule has 32 heavy (non-hydrogen) atoms. The first-order valence-corrected chi connectivity index (χ1v) is 11.4. The van der Waals surface area contributed by atoms with E-state index in [0.29, 0.717) is 10.1 Å². The van der Waals surface area contributed by atoms with Crippen molar-refractivity contribution >= 4 is 48.9 Å². The number of carbonyl (C=O) groups is 2. The zero-order chi connectivity index (χ0) is 23.5. The molecule has 0 aliphatic heterocycles. The molecule has 0 radical (unpaired) electrons. The van der Waals surface area contributed by atoms with Gasteiger partial charge in [0, 0.05) is 22.3 Å². The lowest BCUT2D eigenvalue weighted by molar-refractivity contribution is 0.0695. The van der Waals surface area contributed by atoms with Gasteiger partial charge in [0.1, 0.15) is 0 Å². The van der Waals surface area contributed by atoms with Gasteiger partial charge < -0.3 is 10.2 Å². The third kappa shape index (κ3) is 4.56. The van der Waals surface area contributed by atoms with E-state index in [1.54, 1.807) is 48.7 Å². The monoisotopic (exact) mass is 516 g/mol. The number of aromatic carboxylic acids is 2. The SMILES string of the molecule is Cc1c(C(=O)O)ccc(Br)c1C(=O)O.O=S(=O)(c1ccccc1)n1ccc2cccnc21. The third-order valence-electron chi connectivity index (χ3n) is 4.57. The summed E-state index contributed by atoms with van der Waals surface area (Å²) in [6, 6.07) is 16.5. The van der Waals surface area contributed by atoms with E-state index in [1.165, 1.54) is 29.2 Å². The summed E-state index contributed by atoms with van der Waals surface area (Å²) in [7, 11) is -3.57. The van der Waals surface area contributed by atoms with E-state index >= 15 is 0 Å². The molecule has 0 bridgehead atoms. The highest BCUT2D eigenvalue weighted by Crippen LogP contribution is 2.23. The Hall–Kier alpha value is -3.50. The van der Waals surface area contributed by atoms with Crippen molar-refractivity contribution in [2.75, 3.05) is 0 Å². The van der Waals surface area contributed by atoms with Crippen LogP contribution in [0.1, 0.15) is 26.3 Å². The second-order valence-electron chi connectivity index (χ2n) is 6.55. The second kappa shape index (κ2) is 9.33. The molecule has 2 N–H and O–H groups in total. The molecule has 0 saturated carbocycles. The summed E-state index contributed by atoms with van der Waals surface area (Å²) in [5.41, 5.74) is 0.691. The summed E-state index contributed by atoms with van der Waals surface area (Å²) in [6.07, 6.45) is 3.11. The maximum Gasteiger partial charge on any atom is 0.337 e. The third-order valence-corrected chi connectivity index (χ3v) is 6.91. The van der Waals surface area contributed by atoms with Crippen LogP contribution in [-0.2, 0) is 10.0 Å². The fourth-order valence-electron chi connectivity index (χ4n) is 3.02. The topological polar surface area (TPSA) is 127 Å². The number of nitrogens with zero attached hydrogens (tertiary/aromatic N) is 2. The maximum atomic E-state index is 12.4. The lowest BCUT2D eigenvalue weighted by Gasteiger charge is -2.06. The number of pyridine rings is 1. The first-order chi connectivity index (χ1) is 15.1. The van der Waals surface area contributed by atoms with E-state index in [-0.39, 0.29) is 21.6 Å². The Kier molecular flexibility index (Phi) is 6.75. The lowest BCUT2D eigenvalue weighted by atomic mass is 10.0. The Balaban J connectivity index is 0.000000188. The number of fused-ring (bicyclic) bond motifs is 1. The van der Waals surface area contributed by atoms with Crippen molar-refractivity contribution in [3.8, 4) is 0 Å². The predicted molar refractivity (Wildman–Crippen MR) is 122 cm³/mol. The average molecular weight is 517 g/mol. The van der Waals surface area contributed by atoms with Crippen LogP contribution >= 0.6 is 15.9 Å². The summed E-state index contributed by atoms with van der Waals surface area (Å²) in [5.74, 6) is -2.27. The van der Waals surface area contributed by atoms with Crippen molar-refractivity contribution in [2.45, 2.75) is 11.8 Å². The Bertz CT molecular complexity index is 1420. The fraction of sp³-hybridized carbons (Fsp3) is 0.0455. The normalized spacial score (nSPS) is 10.9. The van der Waals surface area contributed by atoms with Crippen LogP contribution < -0.4 is 0 Å². The lowest BCUT2D eigenvalue weighted by Crippen LogP contribution is -2.12. The Morgan fingerprint density at radius 2 is 1.62 bits per heavy atom. The van der Waals surface area contributed by atoms with E-state index in [2.05, 4.69) is 20.9 Å². The van der Waals surface area contributed by atoms with Crippen LogP contribution in [0.4, 0.5) is 0 Å². The highest BCUT2D eigenvalue weighted by molar-refractivity contribution is 9.10. The van der Waals surface area contributed by atoms with Gasteiger partial charge in [-0.15, -0.1) is 0 Å². The van der Waals surface area contributed by atoms with Gasteiger partial charge in [-0.3, -0.25) is 0 Å². The van der Waals surface area contributed by atoms with Gasteiger partial charge in [0.05, 0.1) is 16.0 Å². The number of hydrogen-bond acceptors (Lipinski definition) is 5. The number of benzene rings is 2.